The average molecular weight is 585 g/mol. The Bertz CT molecular complexity index is 1440. The van der Waals surface area contributed by atoms with Gasteiger partial charge < -0.3 is 9.64 Å². The molecular formula is C34H37FN4O2S. The molecule has 8 heteroatoms. The fourth-order valence-corrected chi connectivity index (χ4v) is 7.70. The molecule has 0 radical (unpaired) electrons. The Morgan fingerprint density at radius 3 is 2.24 bits per heavy atom. The van der Waals surface area contributed by atoms with Crippen molar-refractivity contribution >= 4 is 17.7 Å². The molecule has 4 aromatic rings. The second-order valence-electron chi connectivity index (χ2n) is 11.6. The van der Waals surface area contributed by atoms with Crippen LogP contribution in [-0.4, -0.2) is 31.3 Å². The van der Waals surface area contributed by atoms with E-state index in [-0.39, 0.29) is 30.1 Å². The van der Waals surface area contributed by atoms with Crippen molar-refractivity contribution in [2.75, 3.05) is 5.75 Å². The number of amides is 1. The maximum absolute atomic E-state index is 14.3. The van der Waals surface area contributed by atoms with Crippen molar-refractivity contribution < 1.29 is 13.9 Å². The van der Waals surface area contributed by atoms with Crippen molar-refractivity contribution in [1.82, 2.24) is 19.7 Å². The molecule has 2 aliphatic carbocycles. The first-order chi connectivity index (χ1) is 20.5. The number of thioether (sulfide) groups is 1. The van der Waals surface area contributed by atoms with Crippen LogP contribution in [0.3, 0.4) is 0 Å². The minimum atomic E-state index is -0.401. The summed E-state index contributed by atoms with van der Waals surface area (Å²) in [6.45, 7) is 3.42. The van der Waals surface area contributed by atoms with E-state index in [0.29, 0.717) is 35.9 Å². The van der Waals surface area contributed by atoms with Crippen molar-refractivity contribution in [3.8, 4) is 5.75 Å². The zero-order chi connectivity index (χ0) is 28.9. The third-order valence-electron chi connectivity index (χ3n) is 8.86. The maximum Gasteiger partial charge on any atom is 0.233 e. The standard InChI is InChI=1S/C34H37FN4O2S/c1-24(29-19-27-16-17-28(29)18-27)39-32(22-41-31-15-9-8-14-30(31)35)36-37-34(39)42-23-33(40)38(20-25-10-4-2-5-11-25)21-26-12-6-3-7-13-26/h2-15,24,27-29H,16-23H2,1H3/t24-,27-,28-,29-/m1/s1. The van der Waals surface area contributed by atoms with Gasteiger partial charge in [0.1, 0.15) is 6.61 Å². The van der Waals surface area contributed by atoms with Crippen molar-refractivity contribution in [3.63, 3.8) is 0 Å². The second kappa shape index (κ2) is 13.1. The van der Waals surface area contributed by atoms with Gasteiger partial charge in [0.15, 0.2) is 22.5 Å². The first kappa shape index (κ1) is 28.5. The molecule has 6 rings (SSSR count). The number of carbonyl (C=O) groups is 1. The van der Waals surface area contributed by atoms with Crippen LogP contribution in [-0.2, 0) is 24.5 Å². The number of para-hydroxylation sites is 1. The van der Waals surface area contributed by atoms with Gasteiger partial charge in [-0.3, -0.25) is 9.36 Å². The summed E-state index contributed by atoms with van der Waals surface area (Å²) in [7, 11) is 0. The Morgan fingerprint density at radius 2 is 1.62 bits per heavy atom. The highest BCUT2D eigenvalue weighted by molar-refractivity contribution is 7.99. The number of ether oxygens (including phenoxy) is 1. The normalized spacial score (nSPS) is 20.0. The largest absolute Gasteiger partial charge is 0.483 e. The van der Waals surface area contributed by atoms with Crippen LogP contribution in [0.5, 0.6) is 5.75 Å². The van der Waals surface area contributed by atoms with Gasteiger partial charge in [-0.05, 0) is 67.2 Å². The third kappa shape index (κ3) is 6.54. The molecule has 0 unspecified atom stereocenters. The Balaban J connectivity index is 1.21. The fourth-order valence-electron chi connectivity index (χ4n) is 6.75. The highest BCUT2D eigenvalue weighted by Gasteiger charge is 2.43. The molecule has 2 fully saturated rings. The molecular weight excluding hydrogens is 547 g/mol. The van der Waals surface area contributed by atoms with Gasteiger partial charge in [-0.15, -0.1) is 10.2 Å². The Hall–Kier alpha value is -3.65. The average Bonchev–Trinajstić information content (AvgIpc) is 3.76. The van der Waals surface area contributed by atoms with Crippen LogP contribution >= 0.6 is 11.8 Å². The van der Waals surface area contributed by atoms with E-state index >= 15 is 0 Å². The lowest BCUT2D eigenvalue weighted by Crippen LogP contribution is -2.31. The number of rotatable bonds is 12. The van der Waals surface area contributed by atoms with Crippen LogP contribution in [0, 0.1) is 23.6 Å². The monoisotopic (exact) mass is 584 g/mol. The summed E-state index contributed by atoms with van der Waals surface area (Å²) < 4.78 is 22.3. The molecule has 42 heavy (non-hydrogen) atoms. The molecule has 2 saturated carbocycles. The van der Waals surface area contributed by atoms with E-state index in [9.17, 15) is 9.18 Å². The van der Waals surface area contributed by atoms with E-state index in [1.807, 2.05) is 65.6 Å². The van der Waals surface area contributed by atoms with Gasteiger partial charge >= 0.3 is 0 Å². The fraction of sp³-hybridized carbons (Fsp3) is 0.382. The smallest absolute Gasteiger partial charge is 0.233 e. The summed E-state index contributed by atoms with van der Waals surface area (Å²) in [6.07, 6.45) is 5.11. The Kier molecular flexibility index (Phi) is 8.89. The van der Waals surface area contributed by atoms with Crippen LogP contribution in [0.2, 0.25) is 0 Å². The number of hydrogen-bond acceptors (Lipinski definition) is 5. The first-order valence-corrected chi connectivity index (χ1v) is 15.8. The minimum Gasteiger partial charge on any atom is -0.483 e. The second-order valence-corrected chi connectivity index (χ2v) is 12.5. The molecule has 2 aliphatic rings. The van der Waals surface area contributed by atoms with Crippen molar-refractivity contribution in [1.29, 1.82) is 0 Å². The molecule has 0 spiro atoms. The number of benzene rings is 3. The van der Waals surface area contributed by atoms with Crippen LogP contribution in [0.1, 0.15) is 55.6 Å². The molecule has 3 aromatic carbocycles. The SMILES string of the molecule is C[C@H]([C@H]1C[C@@H]2CC[C@@H]1C2)n1c(COc2ccccc2F)nnc1SCC(=O)N(Cc1ccccc1)Cc1ccccc1. The van der Waals surface area contributed by atoms with Crippen molar-refractivity contribution in [2.45, 2.75) is 63.5 Å². The Labute approximate surface area is 251 Å². The lowest BCUT2D eigenvalue weighted by Gasteiger charge is -2.30. The van der Waals surface area contributed by atoms with Gasteiger partial charge in [-0.1, -0.05) is 91.0 Å². The van der Waals surface area contributed by atoms with E-state index in [4.69, 9.17) is 4.74 Å². The molecule has 1 amide bonds. The van der Waals surface area contributed by atoms with Gasteiger partial charge in [0.2, 0.25) is 5.91 Å². The number of aromatic nitrogens is 3. The Morgan fingerprint density at radius 1 is 0.952 bits per heavy atom. The van der Waals surface area contributed by atoms with E-state index in [1.54, 1.807) is 18.2 Å². The summed E-state index contributed by atoms with van der Waals surface area (Å²) in [5, 5.41) is 9.74. The van der Waals surface area contributed by atoms with Gasteiger partial charge in [0.05, 0.1) is 5.75 Å². The number of halogens is 1. The number of hydrogen-bond donors (Lipinski definition) is 0. The highest BCUT2D eigenvalue weighted by atomic mass is 32.2. The van der Waals surface area contributed by atoms with Crippen LogP contribution in [0.4, 0.5) is 4.39 Å². The van der Waals surface area contributed by atoms with Crippen LogP contribution in [0.25, 0.3) is 0 Å². The lowest BCUT2D eigenvalue weighted by molar-refractivity contribution is -0.129. The van der Waals surface area contributed by atoms with E-state index in [2.05, 4.69) is 21.7 Å². The molecule has 1 aromatic heterocycles. The third-order valence-corrected chi connectivity index (χ3v) is 9.79. The van der Waals surface area contributed by atoms with Crippen molar-refractivity contribution in [2.24, 2.45) is 17.8 Å². The maximum atomic E-state index is 14.3. The molecule has 2 bridgehead atoms. The molecule has 0 saturated heterocycles. The first-order valence-electron chi connectivity index (χ1n) is 14.8. The zero-order valence-electron chi connectivity index (χ0n) is 23.9. The summed E-state index contributed by atoms with van der Waals surface area (Å²) in [6, 6.07) is 26.7. The quantitative estimate of drug-likeness (QED) is 0.163. The van der Waals surface area contributed by atoms with Crippen LogP contribution in [0.15, 0.2) is 90.1 Å². The molecule has 0 N–H and O–H groups in total. The van der Waals surface area contributed by atoms with Crippen LogP contribution < -0.4 is 4.74 Å². The molecule has 1 heterocycles. The zero-order valence-corrected chi connectivity index (χ0v) is 24.8. The summed E-state index contributed by atoms with van der Waals surface area (Å²) >= 11 is 1.43. The predicted octanol–water partition coefficient (Wildman–Crippen LogP) is 7.31. The molecule has 6 nitrogen and oxygen atoms in total. The van der Waals surface area contributed by atoms with E-state index < -0.39 is 5.82 Å². The summed E-state index contributed by atoms with van der Waals surface area (Å²) in [5.41, 5.74) is 2.18. The predicted molar refractivity (Wildman–Crippen MR) is 162 cm³/mol. The highest BCUT2D eigenvalue weighted by Crippen LogP contribution is 2.52. The number of nitrogens with zero attached hydrogens (tertiary/aromatic N) is 4. The molecule has 0 aliphatic heterocycles. The molecule has 218 valence electrons. The topological polar surface area (TPSA) is 60.2 Å². The molecule has 4 atom stereocenters. The van der Waals surface area contributed by atoms with Gasteiger partial charge in [0, 0.05) is 19.1 Å². The van der Waals surface area contributed by atoms with Gasteiger partial charge in [-0.2, -0.15) is 0 Å². The van der Waals surface area contributed by atoms with Crippen molar-refractivity contribution in [3.05, 3.63) is 108 Å². The van der Waals surface area contributed by atoms with Gasteiger partial charge in [0.25, 0.3) is 0 Å². The summed E-state index contributed by atoms with van der Waals surface area (Å²) in [5.74, 6) is 2.79. The summed E-state index contributed by atoms with van der Waals surface area (Å²) in [4.78, 5) is 15.6. The number of fused-ring (bicyclic) bond motifs is 2. The lowest BCUT2D eigenvalue weighted by atomic mass is 9.84. The van der Waals surface area contributed by atoms with Gasteiger partial charge in [-0.25, -0.2) is 4.39 Å². The number of carbonyl (C=O) groups excluding carboxylic acids is 1. The van der Waals surface area contributed by atoms with E-state index in [1.165, 1.54) is 43.5 Å². The van der Waals surface area contributed by atoms with E-state index in [0.717, 1.165) is 17.0 Å². The minimum absolute atomic E-state index is 0.0407.